The van der Waals surface area contributed by atoms with Crippen molar-refractivity contribution in [2.75, 3.05) is 0 Å². The van der Waals surface area contributed by atoms with Crippen molar-refractivity contribution in [1.29, 1.82) is 0 Å². The summed E-state index contributed by atoms with van der Waals surface area (Å²) in [6.45, 7) is 5.47. The van der Waals surface area contributed by atoms with Gasteiger partial charge in [0.05, 0.1) is 0 Å². The molecule has 1 aliphatic carbocycles. The summed E-state index contributed by atoms with van der Waals surface area (Å²) in [5.41, 5.74) is 0.639. The van der Waals surface area contributed by atoms with E-state index in [9.17, 15) is 9.59 Å². The van der Waals surface area contributed by atoms with Crippen LogP contribution in [-0.2, 0) is 4.79 Å². The first kappa shape index (κ1) is 16.5. The molecular weight excluding hydrogens is 278 g/mol. The molecule has 0 aromatic heterocycles. The maximum Gasteiger partial charge on any atom is 0.261 e. The Morgan fingerprint density at radius 1 is 1.18 bits per heavy atom. The second-order valence-corrected chi connectivity index (χ2v) is 6.22. The third-order valence-corrected chi connectivity index (χ3v) is 4.38. The molecule has 0 heterocycles. The van der Waals surface area contributed by atoms with Gasteiger partial charge in [-0.2, -0.15) is 0 Å². The van der Waals surface area contributed by atoms with Crippen LogP contribution in [0.4, 0.5) is 0 Å². The second-order valence-electron chi connectivity index (χ2n) is 6.22. The minimum atomic E-state index is -0.544. The Balaban J connectivity index is 1.89. The fourth-order valence-corrected chi connectivity index (χ4v) is 2.86. The van der Waals surface area contributed by atoms with Gasteiger partial charge in [0.1, 0.15) is 5.75 Å². The lowest BCUT2D eigenvalue weighted by Crippen LogP contribution is -2.46. The van der Waals surface area contributed by atoms with E-state index in [0.717, 1.165) is 6.42 Å². The molecule has 0 unspecified atom stereocenters. The Morgan fingerprint density at radius 2 is 1.82 bits per heavy atom. The molecule has 1 aliphatic rings. The summed E-state index contributed by atoms with van der Waals surface area (Å²) in [6.07, 6.45) is 4.11. The van der Waals surface area contributed by atoms with E-state index in [-0.39, 0.29) is 17.7 Å². The summed E-state index contributed by atoms with van der Waals surface area (Å²) in [6, 6.07) is 7.14. The first-order chi connectivity index (χ1) is 10.5. The van der Waals surface area contributed by atoms with Crippen LogP contribution in [0.25, 0.3) is 0 Å². The van der Waals surface area contributed by atoms with Crippen LogP contribution < -0.4 is 10.1 Å². The zero-order valence-corrected chi connectivity index (χ0v) is 13.6. The van der Waals surface area contributed by atoms with Gasteiger partial charge in [0.25, 0.3) is 5.91 Å². The number of hydrogen-bond donors (Lipinski definition) is 1. The van der Waals surface area contributed by atoms with Crippen molar-refractivity contribution < 1.29 is 14.3 Å². The van der Waals surface area contributed by atoms with Crippen LogP contribution in [-0.4, -0.2) is 23.8 Å². The first-order valence-corrected chi connectivity index (χ1v) is 8.05. The zero-order valence-electron chi connectivity index (χ0n) is 13.6. The zero-order chi connectivity index (χ0) is 16.1. The average molecular weight is 303 g/mol. The number of Topliss-reactive ketones (excluding diaryl/α,β-unsaturated/α-hetero) is 1. The number of ether oxygens (including phenoxy) is 1. The van der Waals surface area contributed by atoms with E-state index in [1.807, 2.05) is 0 Å². The molecule has 120 valence electrons. The Labute approximate surface area is 132 Å². The van der Waals surface area contributed by atoms with Gasteiger partial charge in [-0.25, -0.2) is 0 Å². The topological polar surface area (TPSA) is 55.4 Å². The largest absolute Gasteiger partial charge is 0.481 e. The summed E-state index contributed by atoms with van der Waals surface area (Å²) in [7, 11) is 0. The molecular formula is C18H25NO3. The van der Waals surface area contributed by atoms with E-state index in [1.165, 1.54) is 26.2 Å². The van der Waals surface area contributed by atoms with Crippen LogP contribution in [0.5, 0.6) is 5.75 Å². The number of nitrogens with one attached hydrogen (secondary N) is 1. The average Bonchev–Trinajstić information content (AvgIpc) is 2.50. The molecule has 0 spiro atoms. The summed E-state index contributed by atoms with van der Waals surface area (Å²) in [5, 5.41) is 3.10. The van der Waals surface area contributed by atoms with Crippen LogP contribution >= 0.6 is 0 Å². The molecule has 1 saturated carbocycles. The molecule has 0 radical (unpaired) electrons. The lowest BCUT2D eigenvalue weighted by Gasteiger charge is -2.30. The van der Waals surface area contributed by atoms with E-state index in [4.69, 9.17) is 4.74 Å². The van der Waals surface area contributed by atoms with Gasteiger partial charge in [-0.05, 0) is 56.9 Å². The summed E-state index contributed by atoms with van der Waals surface area (Å²) in [4.78, 5) is 23.5. The predicted molar refractivity (Wildman–Crippen MR) is 86.1 cm³/mol. The van der Waals surface area contributed by atoms with Gasteiger partial charge in [-0.3, -0.25) is 9.59 Å². The number of rotatable bonds is 5. The second kappa shape index (κ2) is 7.43. The summed E-state index contributed by atoms with van der Waals surface area (Å²) >= 11 is 0. The highest BCUT2D eigenvalue weighted by atomic mass is 16.5. The maximum atomic E-state index is 12.2. The number of carbonyl (C=O) groups is 2. The monoisotopic (exact) mass is 303 g/mol. The van der Waals surface area contributed by atoms with Gasteiger partial charge in [0.2, 0.25) is 0 Å². The fraction of sp³-hybridized carbons (Fsp3) is 0.556. The quantitative estimate of drug-likeness (QED) is 0.849. The van der Waals surface area contributed by atoms with Crippen molar-refractivity contribution in [2.45, 2.75) is 58.6 Å². The van der Waals surface area contributed by atoms with Gasteiger partial charge >= 0.3 is 0 Å². The van der Waals surface area contributed by atoms with Crippen LogP contribution in [0.1, 0.15) is 56.8 Å². The van der Waals surface area contributed by atoms with Crippen molar-refractivity contribution in [3.63, 3.8) is 0 Å². The van der Waals surface area contributed by atoms with Crippen LogP contribution in [0.15, 0.2) is 24.3 Å². The molecule has 4 nitrogen and oxygen atoms in total. The molecule has 1 amide bonds. The normalized spacial score (nSPS) is 22.7. The van der Waals surface area contributed by atoms with E-state index in [2.05, 4.69) is 12.2 Å². The van der Waals surface area contributed by atoms with Crippen LogP contribution in [0.2, 0.25) is 0 Å². The number of hydrogen-bond acceptors (Lipinski definition) is 3. The number of amides is 1. The highest BCUT2D eigenvalue weighted by Gasteiger charge is 2.25. The lowest BCUT2D eigenvalue weighted by atomic mass is 9.86. The Hall–Kier alpha value is -1.84. The third kappa shape index (κ3) is 4.33. The molecule has 0 aliphatic heterocycles. The fourth-order valence-electron chi connectivity index (χ4n) is 2.86. The molecule has 1 aromatic rings. The van der Waals surface area contributed by atoms with Gasteiger partial charge in [0, 0.05) is 11.6 Å². The smallest absolute Gasteiger partial charge is 0.261 e. The molecule has 3 atom stereocenters. The minimum Gasteiger partial charge on any atom is -0.481 e. The SMILES string of the molecule is CC(=O)c1ccc(O[C@H](C)C(=O)N[C@H]2CCCC[C@@H]2C)cc1. The first-order valence-electron chi connectivity index (χ1n) is 8.05. The number of ketones is 1. The summed E-state index contributed by atoms with van der Waals surface area (Å²) < 4.78 is 5.66. The molecule has 22 heavy (non-hydrogen) atoms. The minimum absolute atomic E-state index is 0.0172. The maximum absolute atomic E-state index is 12.2. The van der Waals surface area contributed by atoms with E-state index in [1.54, 1.807) is 31.2 Å². The van der Waals surface area contributed by atoms with Crippen molar-refractivity contribution in [3.05, 3.63) is 29.8 Å². The molecule has 2 rings (SSSR count). The Kier molecular flexibility index (Phi) is 5.58. The van der Waals surface area contributed by atoms with Gasteiger partial charge < -0.3 is 10.1 Å². The molecule has 1 fully saturated rings. The molecule has 1 aromatic carbocycles. The van der Waals surface area contributed by atoms with Crippen molar-refractivity contribution in [3.8, 4) is 5.75 Å². The van der Waals surface area contributed by atoms with Crippen molar-refractivity contribution in [2.24, 2.45) is 5.92 Å². The highest BCUT2D eigenvalue weighted by Crippen LogP contribution is 2.24. The van der Waals surface area contributed by atoms with Crippen LogP contribution in [0, 0.1) is 5.92 Å². The molecule has 4 heteroatoms. The Bertz CT molecular complexity index is 524. The summed E-state index contributed by atoms with van der Waals surface area (Å²) in [5.74, 6) is 1.07. The predicted octanol–water partition coefficient (Wildman–Crippen LogP) is 3.35. The highest BCUT2D eigenvalue weighted by molar-refractivity contribution is 5.94. The van der Waals surface area contributed by atoms with Gasteiger partial charge in [-0.15, -0.1) is 0 Å². The van der Waals surface area contributed by atoms with Crippen molar-refractivity contribution in [1.82, 2.24) is 5.32 Å². The molecule has 1 N–H and O–H groups in total. The van der Waals surface area contributed by atoms with Gasteiger partial charge in [0.15, 0.2) is 11.9 Å². The molecule has 0 bridgehead atoms. The number of carbonyl (C=O) groups excluding carboxylic acids is 2. The Morgan fingerprint density at radius 3 is 2.41 bits per heavy atom. The third-order valence-electron chi connectivity index (χ3n) is 4.38. The van der Waals surface area contributed by atoms with Gasteiger partial charge in [-0.1, -0.05) is 19.8 Å². The molecule has 0 saturated heterocycles. The van der Waals surface area contributed by atoms with E-state index >= 15 is 0 Å². The van der Waals surface area contributed by atoms with Crippen LogP contribution in [0.3, 0.4) is 0 Å². The number of benzene rings is 1. The standard InChI is InChI=1S/C18H25NO3/c1-12-6-4-5-7-17(12)19-18(21)14(3)22-16-10-8-15(9-11-16)13(2)20/h8-12,14,17H,4-7H2,1-3H3,(H,19,21)/t12-,14+,17-/m0/s1. The van der Waals surface area contributed by atoms with E-state index < -0.39 is 6.10 Å². The lowest BCUT2D eigenvalue weighted by molar-refractivity contribution is -0.128. The van der Waals surface area contributed by atoms with Crippen molar-refractivity contribution >= 4 is 11.7 Å². The van der Waals surface area contributed by atoms with E-state index in [0.29, 0.717) is 17.2 Å².